The van der Waals surface area contributed by atoms with Gasteiger partial charge in [-0.25, -0.2) is 0 Å². The molecule has 0 heterocycles. The number of anilines is 3. The van der Waals surface area contributed by atoms with Crippen LogP contribution in [0.3, 0.4) is 0 Å². The minimum Gasteiger partial charge on any atom is -0.310 e. The molecule has 300 valence electrons. The molecule has 8 aromatic carbocycles. The van der Waals surface area contributed by atoms with Crippen LogP contribution in [0.1, 0.15) is 68.2 Å². The normalized spacial score (nSPS) is 22.9. The van der Waals surface area contributed by atoms with Crippen molar-refractivity contribution < 1.29 is 0 Å². The first-order valence-corrected chi connectivity index (χ1v) is 23.1. The van der Waals surface area contributed by atoms with Crippen LogP contribution in [0.5, 0.6) is 0 Å². The van der Waals surface area contributed by atoms with Crippen LogP contribution in [0.15, 0.2) is 188 Å². The average molecular weight is 798 g/mol. The van der Waals surface area contributed by atoms with Crippen LogP contribution in [0.25, 0.3) is 55.6 Å². The SMILES string of the molecule is CC1(C)c2ccccc2-c2cccc(N(c3ccc(-c4ccccc4)cc3)c3ccc(-c4ccc(-c5cccc6c5C5(c7ccccc7-6)C6CC7CC(C6)CC5C7)cc4)cc3)c21. The quantitative estimate of drug-likeness (QED) is 0.162. The maximum atomic E-state index is 2.50. The molecule has 6 aliphatic carbocycles. The van der Waals surface area contributed by atoms with E-state index in [1.165, 1.54) is 105 Å². The number of hydrogen-bond acceptors (Lipinski definition) is 1. The Hall–Kier alpha value is -6.44. The Kier molecular flexibility index (Phi) is 7.91. The predicted molar refractivity (Wildman–Crippen MR) is 258 cm³/mol. The van der Waals surface area contributed by atoms with Gasteiger partial charge in [0.05, 0.1) is 5.69 Å². The van der Waals surface area contributed by atoms with Gasteiger partial charge >= 0.3 is 0 Å². The summed E-state index contributed by atoms with van der Waals surface area (Å²) in [6, 6.07) is 71.1. The fraction of sp³-hybridized carbons (Fsp3) is 0.213. The van der Waals surface area contributed by atoms with Crippen molar-refractivity contribution in [2.75, 3.05) is 4.90 Å². The first-order valence-electron chi connectivity index (χ1n) is 23.1. The van der Waals surface area contributed by atoms with Crippen LogP contribution in [0, 0.1) is 23.7 Å². The fourth-order valence-corrected chi connectivity index (χ4v) is 14.0. The number of fused-ring (bicyclic) bond motifs is 6. The standard InChI is InChI=1S/C61H51N/c1-60(2)55-19-8-6-14-51(55)54-18-11-21-57(59(54)60)62(48-30-26-43(27-31-48)41-12-4-3-5-13-41)49-32-28-44(29-33-49)42-22-24-45(25-23-42)50-16-10-17-53-52-15-7-9-20-56(52)61(58(50)53)46-35-39-34-40(37-46)38-47(61)36-39/h3-33,39-40,46-47H,34-38H2,1-2H3. The zero-order valence-corrected chi connectivity index (χ0v) is 35.7. The third-order valence-corrected chi connectivity index (χ3v) is 16.3. The highest BCUT2D eigenvalue weighted by atomic mass is 15.1. The Morgan fingerprint density at radius 1 is 0.355 bits per heavy atom. The number of hydrogen-bond donors (Lipinski definition) is 0. The second-order valence-corrected chi connectivity index (χ2v) is 19.7. The zero-order valence-electron chi connectivity index (χ0n) is 35.7. The number of nitrogens with zero attached hydrogens (tertiary/aromatic N) is 1. The summed E-state index contributed by atoms with van der Waals surface area (Å²) in [4.78, 5) is 2.47. The van der Waals surface area contributed by atoms with Crippen LogP contribution in [-0.2, 0) is 10.8 Å². The first-order chi connectivity index (χ1) is 30.5. The summed E-state index contributed by atoms with van der Waals surface area (Å²) in [6.07, 6.45) is 7.08. The Morgan fingerprint density at radius 2 is 0.790 bits per heavy atom. The fourth-order valence-electron chi connectivity index (χ4n) is 14.0. The lowest BCUT2D eigenvalue weighted by atomic mass is 9.42. The van der Waals surface area contributed by atoms with Crippen molar-refractivity contribution in [3.8, 4) is 55.6 Å². The molecule has 14 rings (SSSR count). The Bertz CT molecular complexity index is 3000. The first kappa shape index (κ1) is 36.2. The van der Waals surface area contributed by atoms with Gasteiger partial charge in [-0.05, 0) is 164 Å². The van der Waals surface area contributed by atoms with Gasteiger partial charge in [0, 0.05) is 22.2 Å². The third kappa shape index (κ3) is 5.15. The van der Waals surface area contributed by atoms with Gasteiger partial charge in [-0.3, -0.25) is 0 Å². The van der Waals surface area contributed by atoms with Gasteiger partial charge in [-0.1, -0.05) is 172 Å². The van der Waals surface area contributed by atoms with E-state index in [-0.39, 0.29) is 10.8 Å². The molecule has 8 aromatic rings. The molecule has 0 aliphatic heterocycles. The lowest BCUT2D eigenvalue weighted by molar-refractivity contribution is -0.0397. The molecule has 1 spiro atoms. The van der Waals surface area contributed by atoms with Crippen LogP contribution in [0.4, 0.5) is 17.1 Å². The van der Waals surface area contributed by atoms with Gasteiger partial charge in [0.15, 0.2) is 0 Å². The van der Waals surface area contributed by atoms with E-state index in [2.05, 4.69) is 207 Å². The molecule has 0 amide bonds. The van der Waals surface area contributed by atoms with Gasteiger partial charge in [0.1, 0.15) is 0 Å². The zero-order chi connectivity index (χ0) is 41.2. The summed E-state index contributed by atoms with van der Waals surface area (Å²) in [5, 5.41) is 0. The number of rotatable bonds is 6. The van der Waals surface area contributed by atoms with E-state index in [1.54, 1.807) is 11.1 Å². The summed E-state index contributed by atoms with van der Waals surface area (Å²) >= 11 is 0. The molecule has 4 fully saturated rings. The molecule has 6 aliphatic rings. The third-order valence-electron chi connectivity index (χ3n) is 16.3. The second-order valence-electron chi connectivity index (χ2n) is 19.7. The maximum absolute atomic E-state index is 2.50. The highest BCUT2D eigenvalue weighted by molar-refractivity contribution is 5.92. The lowest BCUT2D eigenvalue weighted by Gasteiger charge is -2.61. The van der Waals surface area contributed by atoms with Crippen molar-refractivity contribution in [3.63, 3.8) is 0 Å². The van der Waals surface area contributed by atoms with Gasteiger partial charge in [0.25, 0.3) is 0 Å². The molecule has 0 N–H and O–H groups in total. The van der Waals surface area contributed by atoms with E-state index in [4.69, 9.17) is 0 Å². The van der Waals surface area contributed by atoms with E-state index >= 15 is 0 Å². The molecule has 4 saturated carbocycles. The molecule has 0 atom stereocenters. The number of benzene rings is 8. The summed E-state index contributed by atoms with van der Waals surface area (Å²) in [7, 11) is 0. The molecule has 62 heavy (non-hydrogen) atoms. The summed E-state index contributed by atoms with van der Waals surface area (Å²) in [5.74, 6) is 3.36. The predicted octanol–water partition coefficient (Wildman–Crippen LogP) is 16.2. The van der Waals surface area contributed by atoms with Crippen LogP contribution in [-0.4, -0.2) is 0 Å². The van der Waals surface area contributed by atoms with Crippen molar-refractivity contribution in [2.45, 2.75) is 56.8 Å². The molecule has 0 unspecified atom stereocenters. The van der Waals surface area contributed by atoms with Crippen LogP contribution in [0.2, 0.25) is 0 Å². The Morgan fingerprint density at radius 3 is 1.40 bits per heavy atom. The topological polar surface area (TPSA) is 3.24 Å². The lowest BCUT2D eigenvalue weighted by Crippen LogP contribution is -2.55. The Balaban J connectivity index is 0.877. The molecule has 0 radical (unpaired) electrons. The highest BCUT2D eigenvalue weighted by Gasteiger charge is 2.62. The van der Waals surface area contributed by atoms with Crippen LogP contribution >= 0.6 is 0 Å². The van der Waals surface area contributed by atoms with Gasteiger partial charge in [0.2, 0.25) is 0 Å². The van der Waals surface area contributed by atoms with E-state index in [9.17, 15) is 0 Å². The molecule has 1 heteroatoms. The summed E-state index contributed by atoms with van der Waals surface area (Å²) < 4.78 is 0. The minimum absolute atomic E-state index is 0.148. The van der Waals surface area contributed by atoms with E-state index in [0.29, 0.717) is 0 Å². The minimum atomic E-state index is -0.149. The Labute approximate surface area is 366 Å². The monoisotopic (exact) mass is 797 g/mol. The average Bonchev–Trinajstić information content (AvgIpc) is 3.75. The van der Waals surface area contributed by atoms with E-state index in [0.717, 1.165) is 35.0 Å². The molecular weight excluding hydrogens is 747 g/mol. The maximum Gasteiger partial charge on any atom is 0.0508 e. The smallest absolute Gasteiger partial charge is 0.0508 e. The van der Waals surface area contributed by atoms with Crippen molar-refractivity contribution >= 4 is 17.1 Å². The summed E-state index contributed by atoms with van der Waals surface area (Å²) in [6.45, 7) is 4.77. The molecule has 0 saturated heterocycles. The largest absolute Gasteiger partial charge is 0.310 e. The van der Waals surface area contributed by atoms with Gasteiger partial charge in [-0.2, -0.15) is 0 Å². The molecule has 4 bridgehead atoms. The highest BCUT2D eigenvalue weighted by Crippen LogP contribution is 2.70. The van der Waals surface area contributed by atoms with Crippen molar-refractivity contribution in [3.05, 3.63) is 210 Å². The van der Waals surface area contributed by atoms with Crippen molar-refractivity contribution in [2.24, 2.45) is 23.7 Å². The second kappa shape index (κ2) is 13.5. The van der Waals surface area contributed by atoms with Crippen molar-refractivity contribution in [1.82, 2.24) is 0 Å². The van der Waals surface area contributed by atoms with Crippen molar-refractivity contribution in [1.29, 1.82) is 0 Å². The van der Waals surface area contributed by atoms with Crippen LogP contribution < -0.4 is 4.90 Å². The summed E-state index contributed by atoms with van der Waals surface area (Å²) in [5.41, 5.74) is 22.9. The van der Waals surface area contributed by atoms with Gasteiger partial charge < -0.3 is 4.90 Å². The van der Waals surface area contributed by atoms with E-state index < -0.39 is 0 Å². The molecule has 1 nitrogen and oxygen atoms in total. The van der Waals surface area contributed by atoms with Gasteiger partial charge in [-0.15, -0.1) is 0 Å². The van der Waals surface area contributed by atoms with E-state index in [1.807, 2.05) is 0 Å². The molecule has 0 aromatic heterocycles. The molecular formula is C61H51N.